The molecule has 0 bridgehead atoms. The fourth-order valence-electron chi connectivity index (χ4n) is 1.32. The van der Waals surface area contributed by atoms with E-state index in [0.717, 1.165) is 15.1 Å². The highest BCUT2D eigenvalue weighted by molar-refractivity contribution is 9.10. The molecular weight excluding hydrogens is 318 g/mol. The number of hydrogen-bond donors (Lipinski definition) is 2. The average molecular weight is 335 g/mol. The van der Waals surface area contributed by atoms with Crippen molar-refractivity contribution in [2.24, 2.45) is 0 Å². The van der Waals surface area contributed by atoms with Crippen LogP contribution in [0.2, 0.25) is 5.02 Å². The number of hydrogen-bond acceptors (Lipinski definition) is 2. The summed E-state index contributed by atoms with van der Waals surface area (Å²) in [6, 6.07) is 5.59. The summed E-state index contributed by atoms with van der Waals surface area (Å²) >= 11 is 9.39. The molecule has 0 aliphatic rings. The molecule has 0 atom stereocenters. The van der Waals surface area contributed by atoms with E-state index >= 15 is 0 Å². The van der Waals surface area contributed by atoms with E-state index in [1.807, 2.05) is 18.2 Å². The zero-order valence-electron chi connectivity index (χ0n) is 10.5. The van der Waals surface area contributed by atoms with Gasteiger partial charge in [-0.1, -0.05) is 27.5 Å². The van der Waals surface area contributed by atoms with Gasteiger partial charge in [0.15, 0.2) is 0 Å². The highest BCUT2D eigenvalue weighted by Crippen LogP contribution is 2.20. The Morgan fingerprint density at radius 1 is 1.39 bits per heavy atom. The number of urea groups is 1. The lowest BCUT2D eigenvalue weighted by Gasteiger charge is -2.12. The van der Waals surface area contributed by atoms with Gasteiger partial charge in [-0.05, 0) is 23.8 Å². The van der Waals surface area contributed by atoms with E-state index in [1.54, 1.807) is 14.1 Å². The third kappa shape index (κ3) is 5.25. The van der Waals surface area contributed by atoms with Crippen LogP contribution >= 0.6 is 27.5 Å². The third-order valence-corrected chi connectivity index (χ3v) is 3.32. The molecule has 18 heavy (non-hydrogen) atoms. The van der Waals surface area contributed by atoms with Crippen LogP contribution in [0.5, 0.6) is 0 Å². The van der Waals surface area contributed by atoms with Gasteiger partial charge in [0, 0.05) is 43.2 Å². The molecule has 0 heterocycles. The van der Waals surface area contributed by atoms with Crippen LogP contribution in [-0.2, 0) is 6.54 Å². The molecule has 0 aliphatic heterocycles. The van der Waals surface area contributed by atoms with Gasteiger partial charge in [0.2, 0.25) is 0 Å². The number of nitrogens with zero attached hydrogens (tertiary/aromatic N) is 1. The molecule has 2 amide bonds. The third-order valence-electron chi connectivity index (χ3n) is 2.31. The highest BCUT2D eigenvalue weighted by Gasteiger charge is 2.02. The molecule has 0 aromatic heterocycles. The predicted octanol–water partition coefficient (Wildman–Crippen LogP) is 2.46. The number of carbonyl (C=O) groups excluding carboxylic acids is 1. The van der Waals surface area contributed by atoms with Gasteiger partial charge in [0.1, 0.15) is 0 Å². The predicted molar refractivity (Wildman–Crippen MR) is 77.9 cm³/mol. The molecule has 1 rings (SSSR count). The first-order chi connectivity index (χ1) is 8.50. The smallest absolute Gasteiger partial charge is 0.316 e. The summed E-state index contributed by atoms with van der Waals surface area (Å²) in [5.41, 5.74) is 1.10. The number of carbonyl (C=O) groups is 1. The lowest BCUT2D eigenvalue weighted by molar-refractivity contribution is 0.217. The van der Waals surface area contributed by atoms with Crippen molar-refractivity contribution in [2.45, 2.75) is 6.54 Å². The second-order valence-corrected chi connectivity index (χ2v) is 5.33. The Bertz CT molecular complexity index is 412. The molecule has 100 valence electrons. The number of amides is 2. The van der Waals surface area contributed by atoms with Gasteiger partial charge in [-0.2, -0.15) is 0 Å². The van der Waals surface area contributed by atoms with Crippen molar-refractivity contribution in [2.75, 3.05) is 27.2 Å². The van der Waals surface area contributed by atoms with Gasteiger partial charge >= 0.3 is 6.03 Å². The minimum Gasteiger partial charge on any atom is -0.337 e. The van der Waals surface area contributed by atoms with Gasteiger partial charge in [-0.25, -0.2) is 4.79 Å². The van der Waals surface area contributed by atoms with Crippen molar-refractivity contribution in [3.05, 3.63) is 33.3 Å². The fourth-order valence-corrected chi connectivity index (χ4v) is 1.90. The summed E-state index contributed by atoms with van der Waals surface area (Å²) in [6.07, 6.45) is 0. The monoisotopic (exact) mass is 333 g/mol. The van der Waals surface area contributed by atoms with Crippen LogP contribution in [0.1, 0.15) is 5.56 Å². The maximum atomic E-state index is 11.2. The van der Waals surface area contributed by atoms with Gasteiger partial charge < -0.3 is 15.5 Å². The van der Waals surface area contributed by atoms with E-state index in [4.69, 9.17) is 11.6 Å². The van der Waals surface area contributed by atoms with Crippen molar-refractivity contribution in [1.29, 1.82) is 0 Å². The van der Waals surface area contributed by atoms with Crippen LogP contribution in [0.25, 0.3) is 0 Å². The van der Waals surface area contributed by atoms with Gasteiger partial charge in [0.05, 0.1) is 0 Å². The topological polar surface area (TPSA) is 44.4 Å². The minimum absolute atomic E-state index is 0.0827. The second kappa shape index (κ2) is 7.61. The average Bonchev–Trinajstić information content (AvgIpc) is 2.32. The first-order valence-corrected chi connectivity index (χ1v) is 6.77. The Hall–Kier alpha value is -0.780. The van der Waals surface area contributed by atoms with Crippen LogP contribution in [-0.4, -0.2) is 38.1 Å². The first-order valence-electron chi connectivity index (χ1n) is 5.60. The van der Waals surface area contributed by atoms with E-state index in [0.29, 0.717) is 19.6 Å². The summed E-state index contributed by atoms with van der Waals surface area (Å²) in [5.74, 6) is 0. The van der Waals surface area contributed by atoms with Crippen molar-refractivity contribution < 1.29 is 4.79 Å². The van der Waals surface area contributed by atoms with Gasteiger partial charge in [0.25, 0.3) is 0 Å². The summed E-state index contributed by atoms with van der Waals surface area (Å²) in [6.45, 7) is 2.01. The molecule has 0 radical (unpaired) electrons. The molecule has 0 spiro atoms. The van der Waals surface area contributed by atoms with Crippen molar-refractivity contribution in [3.63, 3.8) is 0 Å². The molecule has 0 aliphatic carbocycles. The molecule has 0 saturated carbocycles. The van der Waals surface area contributed by atoms with Crippen molar-refractivity contribution in [3.8, 4) is 0 Å². The summed E-state index contributed by atoms with van der Waals surface area (Å²) in [7, 11) is 3.43. The molecule has 6 heteroatoms. The minimum atomic E-state index is -0.0827. The largest absolute Gasteiger partial charge is 0.337 e. The molecule has 1 aromatic rings. The highest BCUT2D eigenvalue weighted by atomic mass is 79.9. The number of nitrogens with one attached hydrogen (secondary N) is 2. The van der Waals surface area contributed by atoms with Crippen LogP contribution in [0.3, 0.4) is 0 Å². The van der Waals surface area contributed by atoms with E-state index in [-0.39, 0.29) is 6.03 Å². The second-order valence-electron chi connectivity index (χ2n) is 4.04. The normalized spacial score (nSPS) is 10.2. The van der Waals surface area contributed by atoms with E-state index < -0.39 is 0 Å². The zero-order chi connectivity index (χ0) is 13.5. The standard InChI is InChI=1S/C12H17BrClN3O/c1-17(2)12(18)16-6-5-15-8-9-7-10(14)3-4-11(9)13/h3-4,7,15H,5-6,8H2,1-2H3,(H,16,18). The van der Waals surface area contributed by atoms with Crippen LogP contribution in [0.15, 0.2) is 22.7 Å². The first kappa shape index (κ1) is 15.3. The van der Waals surface area contributed by atoms with Crippen LogP contribution in [0, 0.1) is 0 Å². The Labute approximate surface area is 121 Å². The molecular formula is C12H17BrClN3O. The summed E-state index contributed by atoms with van der Waals surface area (Å²) in [5, 5.41) is 6.74. The van der Waals surface area contributed by atoms with Crippen LogP contribution < -0.4 is 10.6 Å². The Balaban J connectivity index is 2.26. The van der Waals surface area contributed by atoms with E-state index in [1.165, 1.54) is 4.90 Å². The van der Waals surface area contributed by atoms with Crippen molar-refractivity contribution in [1.82, 2.24) is 15.5 Å². The van der Waals surface area contributed by atoms with Crippen molar-refractivity contribution >= 4 is 33.6 Å². The zero-order valence-corrected chi connectivity index (χ0v) is 12.8. The molecule has 0 saturated heterocycles. The summed E-state index contributed by atoms with van der Waals surface area (Å²) < 4.78 is 1.02. The Morgan fingerprint density at radius 2 is 2.11 bits per heavy atom. The quantitative estimate of drug-likeness (QED) is 0.813. The van der Waals surface area contributed by atoms with E-state index in [9.17, 15) is 4.79 Å². The maximum absolute atomic E-state index is 11.2. The lowest BCUT2D eigenvalue weighted by atomic mass is 10.2. The molecule has 2 N–H and O–H groups in total. The Kier molecular flexibility index (Phi) is 6.46. The molecule has 0 fully saturated rings. The summed E-state index contributed by atoms with van der Waals surface area (Å²) in [4.78, 5) is 12.7. The molecule has 4 nitrogen and oxygen atoms in total. The molecule has 0 unspecified atom stereocenters. The van der Waals surface area contributed by atoms with Gasteiger partial charge in [-0.15, -0.1) is 0 Å². The number of benzene rings is 1. The lowest BCUT2D eigenvalue weighted by Crippen LogP contribution is -2.38. The number of halogens is 2. The maximum Gasteiger partial charge on any atom is 0.316 e. The number of rotatable bonds is 5. The van der Waals surface area contributed by atoms with Crippen LogP contribution in [0.4, 0.5) is 4.79 Å². The van der Waals surface area contributed by atoms with E-state index in [2.05, 4.69) is 26.6 Å². The fraction of sp³-hybridized carbons (Fsp3) is 0.417. The van der Waals surface area contributed by atoms with Gasteiger partial charge in [-0.3, -0.25) is 0 Å². The Morgan fingerprint density at radius 3 is 2.78 bits per heavy atom. The molecule has 1 aromatic carbocycles. The SMILES string of the molecule is CN(C)C(=O)NCCNCc1cc(Cl)ccc1Br.